The van der Waals surface area contributed by atoms with Gasteiger partial charge in [-0.05, 0) is 56.2 Å². The zero-order valence-corrected chi connectivity index (χ0v) is 20.6. The zero-order chi connectivity index (χ0) is 25.6. The van der Waals surface area contributed by atoms with Crippen molar-refractivity contribution in [2.24, 2.45) is 0 Å². The molecule has 0 aliphatic carbocycles. The first-order chi connectivity index (χ1) is 17.2. The number of benzene rings is 3. The fourth-order valence-corrected chi connectivity index (χ4v) is 4.77. The van der Waals surface area contributed by atoms with Crippen molar-refractivity contribution in [2.45, 2.75) is 33.2 Å². The molecule has 0 spiro atoms. The largest absolute Gasteiger partial charge is 0.325 e. The van der Waals surface area contributed by atoms with Gasteiger partial charge in [-0.15, -0.1) is 0 Å². The molecular formula is C28H27N5O3. The van der Waals surface area contributed by atoms with Gasteiger partial charge in [0.05, 0.1) is 22.8 Å². The van der Waals surface area contributed by atoms with E-state index >= 15 is 0 Å². The first-order valence-electron chi connectivity index (χ1n) is 11.7. The molecule has 5 rings (SSSR count). The van der Waals surface area contributed by atoms with Crippen LogP contribution in [0.2, 0.25) is 0 Å². The van der Waals surface area contributed by atoms with Gasteiger partial charge >= 0.3 is 6.03 Å². The maximum Gasteiger partial charge on any atom is 0.325 e. The Morgan fingerprint density at radius 3 is 2.42 bits per heavy atom. The fourth-order valence-electron chi connectivity index (χ4n) is 4.77. The molecule has 1 atom stereocenters. The third-order valence-electron chi connectivity index (χ3n) is 6.74. The maximum absolute atomic E-state index is 13.5. The summed E-state index contributed by atoms with van der Waals surface area (Å²) in [6.45, 7) is 6.95. The number of rotatable bonds is 5. The molecule has 0 radical (unpaired) electrons. The van der Waals surface area contributed by atoms with E-state index in [0.29, 0.717) is 16.9 Å². The number of carbonyl (C=O) groups excluding carboxylic acids is 3. The molecule has 1 aliphatic rings. The lowest BCUT2D eigenvalue weighted by Crippen LogP contribution is -2.42. The Kier molecular flexibility index (Phi) is 5.59. The predicted molar refractivity (Wildman–Crippen MR) is 138 cm³/mol. The molecule has 2 N–H and O–H groups in total. The van der Waals surface area contributed by atoms with E-state index in [-0.39, 0.29) is 0 Å². The summed E-state index contributed by atoms with van der Waals surface area (Å²) in [5, 5.41) is 12.0. The number of fused-ring (bicyclic) bond motifs is 1. The SMILES string of the molecule is Cc1ccc(-n2nc(C)c(NC(=O)CN3C(=O)NC(C)(c4cccc5ccccc45)C3=O)c2C)cc1. The van der Waals surface area contributed by atoms with Crippen molar-refractivity contribution in [1.29, 1.82) is 0 Å². The van der Waals surface area contributed by atoms with Gasteiger partial charge in [-0.1, -0.05) is 60.2 Å². The quantitative estimate of drug-likeness (QED) is 0.414. The third kappa shape index (κ3) is 3.80. The Morgan fingerprint density at radius 1 is 0.972 bits per heavy atom. The minimum atomic E-state index is -1.28. The predicted octanol–water partition coefficient (Wildman–Crippen LogP) is 4.36. The summed E-state index contributed by atoms with van der Waals surface area (Å²) in [6.07, 6.45) is 0. The third-order valence-corrected chi connectivity index (χ3v) is 6.74. The van der Waals surface area contributed by atoms with Crippen LogP contribution in [-0.2, 0) is 15.1 Å². The molecule has 1 fully saturated rings. The second-order valence-corrected chi connectivity index (χ2v) is 9.31. The van der Waals surface area contributed by atoms with Crippen LogP contribution < -0.4 is 10.6 Å². The zero-order valence-electron chi connectivity index (χ0n) is 20.6. The molecule has 0 saturated carbocycles. The molecular weight excluding hydrogens is 454 g/mol. The number of anilines is 1. The van der Waals surface area contributed by atoms with Crippen molar-refractivity contribution in [3.8, 4) is 5.69 Å². The topological polar surface area (TPSA) is 96.3 Å². The number of amides is 4. The van der Waals surface area contributed by atoms with Crippen molar-refractivity contribution in [3.63, 3.8) is 0 Å². The Bertz CT molecular complexity index is 1520. The summed E-state index contributed by atoms with van der Waals surface area (Å²) >= 11 is 0. The number of nitrogens with one attached hydrogen (secondary N) is 2. The molecule has 36 heavy (non-hydrogen) atoms. The molecule has 2 heterocycles. The van der Waals surface area contributed by atoms with Crippen molar-refractivity contribution >= 4 is 34.3 Å². The van der Waals surface area contributed by atoms with Crippen LogP contribution in [0.25, 0.3) is 16.5 Å². The lowest BCUT2D eigenvalue weighted by atomic mass is 9.88. The molecule has 1 unspecified atom stereocenters. The van der Waals surface area contributed by atoms with E-state index in [1.165, 1.54) is 0 Å². The van der Waals surface area contributed by atoms with Crippen LogP contribution in [0.1, 0.15) is 29.4 Å². The summed E-state index contributed by atoms with van der Waals surface area (Å²) in [7, 11) is 0. The molecule has 1 aliphatic heterocycles. The van der Waals surface area contributed by atoms with Crippen LogP contribution in [0.15, 0.2) is 66.7 Å². The highest BCUT2D eigenvalue weighted by Gasteiger charge is 2.50. The minimum absolute atomic E-state index is 0.403. The summed E-state index contributed by atoms with van der Waals surface area (Å²) < 4.78 is 1.76. The number of nitrogens with zero attached hydrogens (tertiary/aromatic N) is 3. The standard InChI is InChI=1S/C28H27N5O3/c1-17-12-14-21(15-13-17)33-19(3)25(18(2)31-33)29-24(34)16-32-26(35)28(4,30-27(32)36)23-11-7-9-20-8-5-6-10-22(20)23/h5-15H,16H2,1-4H3,(H,29,34)(H,30,36). The molecule has 8 nitrogen and oxygen atoms in total. The van der Waals surface area contributed by atoms with E-state index in [0.717, 1.165) is 32.6 Å². The van der Waals surface area contributed by atoms with Crippen LogP contribution in [0.3, 0.4) is 0 Å². The first kappa shape index (κ1) is 23.3. The van der Waals surface area contributed by atoms with Crippen molar-refractivity contribution < 1.29 is 14.4 Å². The van der Waals surface area contributed by atoms with Crippen LogP contribution in [0.5, 0.6) is 0 Å². The molecule has 3 aromatic carbocycles. The number of hydrogen-bond donors (Lipinski definition) is 2. The van der Waals surface area contributed by atoms with Gasteiger partial charge in [-0.25, -0.2) is 9.48 Å². The maximum atomic E-state index is 13.5. The van der Waals surface area contributed by atoms with Crippen LogP contribution >= 0.6 is 0 Å². The Morgan fingerprint density at radius 2 is 1.67 bits per heavy atom. The van der Waals surface area contributed by atoms with Gasteiger partial charge in [-0.3, -0.25) is 14.5 Å². The number of carbonyl (C=O) groups is 3. The average Bonchev–Trinajstić information content (AvgIpc) is 3.26. The van der Waals surface area contributed by atoms with Crippen LogP contribution in [0.4, 0.5) is 10.5 Å². The average molecular weight is 482 g/mol. The van der Waals surface area contributed by atoms with Crippen molar-refractivity contribution in [2.75, 3.05) is 11.9 Å². The summed E-state index contributed by atoms with van der Waals surface area (Å²) in [4.78, 5) is 40.3. The fraction of sp³-hybridized carbons (Fsp3) is 0.214. The second kappa shape index (κ2) is 8.64. The number of aromatic nitrogens is 2. The van der Waals surface area contributed by atoms with Gasteiger partial charge in [0, 0.05) is 0 Å². The summed E-state index contributed by atoms with van der Waals surface area (Å²) in [5.74, 6) is -0.946. The summed E-state index contributed by atoms with van der Waals surface area (Å²) in [6, 6.07) is 20.6. The number of hydrogen-bond acceptors (Lipinski definition) is 4. The van der Waals surface area contributed by atoms with Gasteiger partial charge in [0.25, 0.3) is 5.91 Å². The van der Waals surface area contributed by atoms with E-state index in [2.05, 4.69) is 15.7 Å². The summed E-state index contributed by atoms with van der Waals surface area (Å²) in [5.41, 5.74) is 3.37. The molecule has 1 aromatic heterocycles. The minimum Gasteiger partial charge on any atom is -0.321 e. The van der Waals surface area contributed by atoms with Crippen molar-refractivity contribution in [3.05, 3.63) is 89.2 Å². The molecule has 0 bridgehead atoms. The van der Waals surface area contributed by atoms with Crippen molar-refractivity contribution in [1.82, 2.24) is 20.0 Å². The van der Waals surface area contributed by atoms with Crippen LogP contribution in [0, 0.1) is 20.8 Å². The van der Waals surface area contributed by atoms with E-state index in [4.69, 9.17) is 0 Å². The molecule has 1 saturated heterocycles. The van der Waals surface area contributed by atoms with E-state index in [1.54, 1.807) is 18.5 Å². The monoisotopic (exact) mass is 481 g/mol. The number of imide groups is 1. The van der Waals surface area contributed by atoms with Gasteiger partial charge in [0.1, 0.15) is 12.1 Å². The molecule has 4 aromatic rings. The lowest BCUT2D eigenvalue weighted by Gasteiger charge is -2.24. The first-order valence-corrected chi connectivity index (χ1v) is 11.7. The van der Waals surface area contributed by atoms with E-state index in [1.807, 2.05) is 80.6 Å². The molecule has 4 amide bonds. The molecule has 182 valence electrons. The lowest BCUT2D eigenvalue weighted by molar-refractivity contribution is -0.133. The van der Waals surface area contributed by atoms with Crippen LogP contribution in [-0.4, -0.2) is 39.1 Å². The highest BCUT2D eigenvalue weighted by atomic mass is 16.2. The number of urea groups is 1. The normalized spacial score (nSPS) is 17.5. The Hall–Kier alpha value is -4.46. The van der Waals surface area contributed by atoms with E-state index in [9.17, 15) is 14.4 Å². The van der Waals surface area contributed by atoms with E-state index < -0.39 is 29.9 Å². The van der Waals surface area contributed by atoms with Gasteiger partial charge in [0.15, 0.2) is 0 Å². The number of aryl methyl sites for hydroxylation is 2. The van der Waals surface area contributed by atoms with Gasteiger partial charge in [-0.2, -0.15) is 5.10 Å². The highest BCUT2D eigenvalue weighted by molar-refractivity contribution is 6.11. The van der Waals surface area contributed by atoms with Gasteiger partial charge < -0.3 is 10.6 Å². The molecule has 8 heteroatoms. The van der Waals surface area contributed by atoms with Gasteiger partial charge in [0.2, 0.25) is 5.91 Å². The Balaban J connectivity index is 1.37. The Labute approximate surface area is 208 Å². The highest BCUT2D eigenvalue weighted by Crippen LogP contribution is 2.34. The second-order valence-electron chi connectivity index (χ2n) is 9.31. The smallest absolute Gasteiger partial charge is 0.321 e.